The van der Waals surface area contributed by atoms with Crippen molar-refractivity contribution in [3.63, 3.8) is 0 Å². The lowest BCUT2D eigenvalue weighted by molar-refractivity contribution is 0.0518. The van der Waals surface area contributed by atoms with Gasteiger partial charge in [0.15, 0.2) is 15.5 Å². The minimum atomic E-state index is -3.62. The van der Waals surface area contributed by atoms with Gasteiger partial charge in [-0.25, -0.2) is 22.3 Å². The Hall–Kier alpha value is -3.00. The van der Waals surface area contributed by atoms with Crippen LogP contribution in [0.1, 0.15) is 23.0 Å². The molecule has 138 valence electrons. The maximum atomic E-state index is 13.3. The van der Waals surface area contributed by atoms with Crippen molar-refractivity contribution in [2.24, 2.45) is 0 Å². The van der Waals surface area contributed by atoms with E-state index in [4.69, 9.17) is 4.74 Å². The number of ether oxygens (including phenoxy) is 1. The predicted molar refractivity (Wildman–Crippen MR) is 95.8 cm³/mol. The van der Waals surface area contributed by atoms with E-state index in [1.807, 2.05) is 0 Å². The third kappa shape index (κ3) is 2.82. The fraction of sp³-hybridized carbons (Fsp3) is 0.158. The molecule has 1 aliphatic heterocycles. The summed E-state index contributed by atoms with van der Waals surface area (Å²) in [6, 6.07) is 12.1. The van der Waals surface area contributed by atoms with Crippen molar-refractivity contribution in [2.45, 2.75) is 17.6 Å². The molecule has 0 saturated heterocycles. The molecule has 0 spiro atoms. The number of rotatable bonds is 3. The van der Waals surface area contributed by atoms with Gasteiger partial charge in [0.2, 0.25) is 0 Å². The molecule has 6 nitrogen and oxygen atoms in total. The van der Waals surface area contributed by atoms with Gasteiger partial charge in [0.1, 0.15) is 5.82 Å². The summed E-state index contributed by atoms with van der Waals surface area (Å²) in [5.74, 6) is -1.45. The fourth-order valence-corrected chi connectivity index (χ4v) is 4.79. The lowest BCUT2D eigenvalue weighted by Crippen LogP contribution is -2.16. The zero-order chi connectivity index (χ0) is 19.2. The van der Waals surface area contributed by atoms with Gasteiger partial charge in [-0.3, -0.25) is 0 Å². The molecule has 0 bridgehead atoms. The zero-order valence-electron chi connectivity index (χ0n) is 14.3. The van der Waals surface area contributed by atoms with Crippen LogP contribution >= 0.6 is 0 Å². The summed E-state index contributed by atoms with van der Waals surface area (Å²) >= 11 is 0. The van der Waals surface area contributed by atoms with Gasteiger partial charge in [-0.1, -0.05) is 18.2 Å². The summed E-state index contributed by atoms with van der Waals surface area (Å²) in [5.41, 5.74) is 1.70. The van der Waals surface area contributed by atoms with Crippen LogP contribution in [0.3, 0.4) is 0 Å². The maximum absolute atomic E-state index is 13.3. The minimum Gasteiger partial charge on any atom is -0.461 e. The lowest BCUT2D eigenvalue weighted by atomic mass is 10.1. The third-order valence-corrected chi connectivity index (χ3v) is 6.03. The van der Waals surface area contributed by atoms with Crippen LogP contribution in [0, 0.1) is 5.82 Å². The van der Waals surface area contributed by atoms with E-state index in [2.05, 4.69) is 5.10 Å². The number of nitrogens with zero attached hydrogens (tertiary/aromatic N) is 2. The van der Waals surface area contributed by atoms with E-state index in [9.17, 15) is 17.6 Å². The number of aromatic nitrogens is 2. The highest BCUT2D eigenvalue weighted by Gasteiger charge is 2.36. The van der Waals surface area contributed by atoms with Crippen LogP contribution in [-0.2, 0) is 20.3 Å². The van der Waals surface area contributed by atoms with Crippen molar-refractivity contribution in [1.29, 1.82) is 0 Å². The molecule has 27 heavy (non-hydrogen) atoms. The van der Waals surface area contributed by atoms with E-state index in [0.717, 1.165) is 0 Å². The molecule has 4 rings (SSSR count). The summed E-state index contributed by atoms with van der Waals surface area (Å²) in [6.45, 7) is 1.80. The molecule has 0 atom stereocenters. The van der Waals surface area contributed by atoms with Crippen LogP contribution < -0.4 is 0 Å². The average molecular weight is 386 g/mol. The highest BCUT2D eigenvalue weighted by atomic mass is 32.2. The third-order valence-electron chi connectivity index (χ3n) is 4.34. The molecule has 0 aliphatic carbocycles. The topological polar surface area (TPSA) is 78.3 Å². The number of halogens is 1. The Bertz CT molecular complexity index is 1150. The number of sulfone groups is 1. The first-order valence-corrected chi connectivity index (χ1v) is 9.94. The predicted octanol–water partition coefficient (Wildman–Crippen LogP) is 3.14. The second-order valence-electron chi connectivity index (χ2n) is 6.04. The van der Waals surface area contributed by atoms with Gasteiger partial charge < -0.3 is 4.74 Å². The summed E-state index contributed by atoms with van der Waals surface area (Å²) in [5, 5.41) is 4.33. The Balaban J connectivity index is 2.04. The molecule has 0 fully saturated rings. The van der Waals surface area contributed by atoms with Gasteiger partial charge in [0.05, 0.1) is 28.6 Å². The van der Waals surface area contributed by atoms with Crippen LogP contribution in [0.2, 0.25) is 0 Å². The Kier molecular flexibility index (Phi) is 4.07. The quantitative estimate of drug-likeness (QED) is 0.646. The summed E-state index contributed by atoms with van der Waals surface area (Å²) < 4.78 is 45.3. The Morgan fingerprint density at radius 3 is 2.59 bits per heavy atom. The van der Waals surface area contributed by atoms with Crippen LogP contribution in [0.5, 0.6) is 0 Å². The first-order chi connectivity index (χ1) is 12.9. The fourth-order valence-electron chi connectivity index (χ4n) is 3.20. The van der Waals surface area contributed by atoms with Crippen LogP contribution in [0.15, 0.2) is 53.4 Å². The van der Waals surface area contributed by atoms with Crippen LogP contribution in [-0.4, -0.2) is 30.8 Å². The molecule has 2 heterocycles. The molecule has 0 saturated carbocycles. The summed E-state index contributed by atoms with van der Waals surface area (Å²) in [6.07, 6.45) is 0. The SMILES string of the molecule is CCOC(=O)c1nn(-c2ccc(F)cc2)c2c1CS(=O)(=O)c1ccccc1-2. The molecule has 1 aromatic heterocycles. The van der Waals surface area contributed by atoms with Crippen molar-refractivity contribution in [3.8, 4) is 16.9 Å². The van der Waals surface area contributed by atoms with Crippen molar-refractivity contribution in [3.05, 3.63) is 65.6 Å². The van der Waals surface area contributed by atoms with E-state index in [1.54, 1.807) is 25.1 Å². The zero-order valence-corrected chi connectivity index (χ0v) is 15.2. The standard InChI is InChI=1S/C19H15FN2O4S/c1-2-26-19(23)17-15-11-27(24,25)16-6-4-3-5-14(16)18(15)22(21-17)13-9-7-12(20)8-10-13/h3-10H,2,11H2,1H3. The second-order valence-corrected chi connectivity index (χ2v) is 8.00. The number of benzene rings is 2. The summed E-state index contributed by atoms with van der Waals surface area (Å²) in [7, 11) is -3.62. The molecule has 3 aromatic rings. The van der Waals surface area contributed by atoms with Gasteiger partial charge >= 0.3 is 5.97 Å². The molecular formula is C19H15FN2O4S. The van der Waals surface area contributed by atoms with Crippen molar-refractivity contribution in [2.75, 3.05) is 6.61 Å². The molecule has 1 aliphatic rings. The molecule has 2 aromatic carbocycles. The monoisotopic (exact) mass is 386 g/mol. The molecule has 0 amide bonds. The number of hydrogen-bond acceptors (Lipinski definition) is 5. The van der Waals surface area contributed by atoms with Gasteiger partial charge in [0.25, 0.3) is 0 Å². The smallest absolute Gasteiger partial charge is 0.359 e. The lowest BCUT2D eigenvalue weighted by Gasteiger charge is -2.19. The summed E-state index contributed by atoms with van der Waals surface area (Å²) in [4.78, 5) is 12.6. The number of carbonyl (C=O) groups is 1. The van der Waals surface area contributed by atoms with Gasteiger partial charge in [-0.15, -0.1) is 0 Å². The Morgan fingerprint density at radius 2 is 1.89 bits per heavy atom. The first kappa shape index (κ1) is 17.4. The molecular weight excluding hydrogens is 371 g/mol. The highest BCUT2D eigenvalue weighted by Crippen LogP contribution is 2.40. The number of hydrogen-bond donors (Lipinski definition) is 0. The normalized spacial score (nSPS) is 14.3. The molecule has 0 N–H and O–H groups in total. The largest absolute Gasteiger partial charge is 0.461 e. The number of fused-ring (bicyclic) bond motifs is 3. The minimum absolute atomic E-state index is 0.0470. The molecule has 8 heteroatoms. The van der Waals surface area contributed by atoms with Gasteiger partial charge in [-0.2, -0.15) is 5.10 Å². The van der Waals surface area contributed by atoms with E-state index in [0.29, 0.717) is 16.9 Å². The number of esters is 1. The van der Waals surface area contributed by atoms with E-state index in [-0.39, 0.29) is 28.5 Å². The van der Waals surface area contributed by atoms with Crippen molar-refractivity contribution < 1.29 is 22.3 Å². The Morgan fingerprint density at radius 1 is 1.19 bits per heavy atom. The molecule has 0 radical (unpaired) electrons. The maximum Gasteiger partial charge on any atom is 0.359 e. The van der Waals surface area contributed by atoms with E-state index >= 15 is 0 Å². The van der Waals surface area contributed by atoms with Crippen molar-refractivity contribution >= 4 is 15.8 Å². The van der Waals surface area contributed by atoms with E-state index in [1.165, 1.54) is 35.0 Å². The Labute approximate surface area is 155 Å². The average Bonchev–Trinajstić information content (AvgIpc) is 3.01. The second kappa shape index (κ2) is 6.31. The van der Waals surface area contributed by atoms with Gasteiger partial charge in [0, 0.05) is 11.1 Å². The van der Waals surface area contributed by atoms with Crippen molar-refractivity contribution in [1.82, 2.24) is 9.78 Å². The first-order valence-electron chi connectivity index (χ1n) is 8.29. The van der Waals surface area contributed by atoms with Crippen LogP contribution in [0.25, 0.3) is 16.9 Å². The van der Waals surface area contributed by atoms with E-state index < -0.39 is 21.6 Å². The number of carbonyl (C=O) groups excluding carboxylic acids is 1. The van der Waals surface area contributed by atoms with Crippen LogP contribution in [0.4, 0.5) is 4.39 Å². The molecule has 0 unspecified atom stereocenters. The van der Waals surface area contributed by atoms with Gasteiger partial charge in [-0.05, 0) is 37.3 Å². The highest BCUT2D eigenvalue weighted by molar-refractivity contribution is 7.90.